The predicted octanol–water partition coefficient (Wildman–Crippen LogP) is 0.808. The van der Waals surface area contributed by atoms with E-state index < -0.39 is 10.2 Å². The molecule has 1 amide bonds. The highest BCUT2D eigenvalue weighted by molar-refractivity contribution is 7.90. The van der Waals surface area contributed by atoms with Crippen molar-refractivity contribution >= 4 is 27.5 Å². The highest BCUT2D eigenvalue weighted by Crippen LogP contribution is 2.41. The molecule has 1 aliphatic carbocycles. The van der Waals surface area contributed by atoms with E-state index in [0.29, 0.717) is 11.4 Å². The van der Waals surface area contributed by atoms with Gasteiger partial charge in [0, 0.05) is 20.1 Å². The molecular weight excluding hydrogens is 278 g/mol. The quantitative estimate of drug-likeness (QED) is 0.829. The first-order chi connectivity index (χ1) is 9.43. The molecule has 0 aromatic heterocycles. The van der Waals surface area contributed by atoms with E-state index in [4.69, 9.17) is 0 Å². The predicted molar refractivity (Wildman–Crippen MR) is 76.9 cm³/mol. The van der Waals surface area contributed by atoms with Crippen LogP contribution in [0.4, 0.5) is 11.4 Å². The van der Waals surface area contributed by atoms with Crippen molar-refractivity contribution in [3.05, 3.63) is 24.3 Å². The van der Waals surface area contributed by atoms with Gasteiger partial charge in [0.25, 0.3) is 0 Å². The van der Waals surface area contributed by atoms with E-state index in [0.717, 1.165) is 17.1 Å². The molecule has 1 aromatic rings. The third kappa shape index (κ3) is 1.97. The van der Waals surface area contributed by atoms with Gasteiger partial charge in [-0.05, 0) is 25.0 Å². The Balaban J connectivity index is 2.11. The largest absolute Gasteiger partial charge is 0.306 e. The molecular formula is C13H17N3O3S. The van der Waals surface area contributed by atoms with Crippen LogP contribution >= 0.6 is 0 Å². The number of carbonyl (C=O) groups is 1. The van der Waals surface area contributed by atoms with Gasteiger partial charge < -0.3 is 4.90 Å². The zero-order valence-corrected chi connectivity index (χ0v) is 12.3. The topological polar surface area (TPSA) is 60.9 Å². The third-order valence-electron chi connectivity index (χ3n) is 3.61. The molecule has 1 saturated carbocycles. The van der Waals surface area contributed by atoms with Crippen LogP contribution < -0.4 is 9.21 Å². The van der Waals surface area contributed by atoms with Gasteiger partial charge in [-0.1, -0.05) is 12.1 Å². The number of anilines is 2. The number of para-hydroxylation sites is 2. The van der Waals surface area contributed by atoms with E-state index >= 15 is 0 Å². The van der Waals surface area contributed by atoms with Crippen LogP contribution in [0.25, 0.3) is 0 Å². The van der Waals surface area contributed by atoms with Crippen LogP contribution in [0.1, 0.15) is 12.8 Å². The van der Waals surface area contributed by atoms with Crippen molar-refractivity contribution in [3.8, 4) is 0 Å². The lowest BCUT2D eigenvalue weighted by atomic mass is 10.2. The maximum Gasteiger partial charge on any atom is 0.304 e. The number of nitrogens with zero attached hydrogens (tertiary/aromatic N) is 3. The van der Waals surface area contributed by atoms with Crippen LogP contribution in [-0.2, 0) is 15.0 Å². The average Bonchev–Trinajstić information content (AvgIpc) is 3.21. The number of benzene rings is 1. The maximum absolute atomic E-state index is 12.4. The first kappa shape index (κ1) is 13.4. The molecule has 1 aliphatic heterocycles. The van der Waals surface area contributed by atoms with Gasteiger partial charge in [-0.15, -0.1) is 0 Å². The Morgan fingerprint density at radius 2 is 1.75 bits per heavy atom. The zero-order chi connectivity index (χ0) is 14.5. The highest BCUT2D eigenvalue weighted by Gasteiger charge is 2.42. The SMILES string of the molecule is CN(C)S(=O)(=O)N1CC(=O)N(C2CC2)c2ccccc21. The van der Waals surface area contributed by atoms with Gasteiger partial charge in [-0.2, -0.15) is 12.7 Å². The van der Waals surface area contributed by atoms with E-state index in [1.54, 1.807) is 17.0 Å². The van der Waals surface area contributed by atoms with E-state index in [2.05, 4.69) is 0 Å². The zero-order valence-electron chi connectivity index (χ0n) is 11.5. The summed E-state index contributed by atoms with van der Waals surface area (Å²) in [6.45, 7) is -0.131. The minimum atomic E-state index is -3.66. The minimum absolute atomic E-state index is 0.131. The summed E-state index contributed by atoms with van der Waals surface area (Å²) in [5.41, 5.74) is 1.27. The summed E-state index contributed by atoms with van der Waals surface area (Å²) in [5.74, 6) is -0.156. The van der Waals surface area contributed by atoms with Crippen molar-refractivity contribution in [2.24, 2.45) is 0 Å². The second kappa shape index (κ2) is 4.46. The molecule has 0 atom stereocenters. The average molecular weight is 295 g/mol. The van der Waals surface area contributed by atoms with E-state index in [-0.39, 0.29) is 18.5 Å². The Morgan fingerprint density at radius 3 is 2.30 bits per heavy atom. The van der Waals surface area contributed by atoms with Crippen LogP contribution in [0.3, 0.4) is 0 Å². The van der Waals surface area contributed by atoms with Crippen LogP contribution in [0.2, 0.25) is 0 Å². The van der Waals surface area contributed by atoms with Crippen LogP contribution in [0.5, 0.6) is 0 Å². The lowest BCUT2D eigenvalue weighted by molar-refractivity contribution is -0.117. The van der Waals surface area contributed by atoms with Crippen LogP contribution in [-0.4, -0.2) is 45.3 Å². The first-order valence-electron chi connectivity index (χ1n) is 6.54. The molecule has 0 bridgehead atoms. The molecule has 0 spiro atoms. The first-order valence-corrected chi connectivity index (χ1v) is 7.94. The normalized spacial score (nSPS) is 19.4. The molecule has 2 aliphatic rings. The molecule has 3 rings (SSSR count). The fourth-order valence-corrected chi connectivity index (χ4v) is 3.50. The van der Waals surface area contributed by atoms with Gasteiger partial charge in [-0.3, -0.25) is 4.79 Å². The van der Waals surface area contributed by atoms with Gasteiger partial charge in [0.05, 0.1) is 11.4 Å². The molecule has 0 N–H and O–H groups in total. The fourth-order valence-electron chi connectivity index (χ4n) is 2.43. The Morgan fingerprint density at radius 1 is 1.15 bits per heavy atom. The van der Waals surface area contributed by atoms with Crippen molar-refractivity contribution in [1.29, 1.82) is 0 Å². The van der Waals surface area contributed by atoms with Crippen LogP contribution in [0, 0.1) is 0 Å². The molecule has 108 valence electrons. The molecule has 1 heterocycles. The van der Waals surface area contributed by atoms with Crippen molar-refractivity contribution in [2.45, 2.75) is 18.9 Å². The van der Waals surface area contributed by atoms with Gasteiger partial charge in [-0.25, -0.2) is 4.31 Å². The molecule has 6 nitrogen and oxygen atoms in total. The summed E-state index contributed by atoms with van der Waals surface area (Å²) in [4.78, 5) is 14.1. The van der Waals surface area contributed by atoms with Gasteiger partial charge in [0.1, 0.15) is 6.54 Å². The summed E-state index contributed by atoms with van der Waals surface area (Å²) in [5, 5.41) is 0. The number of rotatable bonds is 3. The Bertz CT molecular complexity index is 653. The monoisotopic (exact) mass is 295 g/mol. The summed E-state index contributed by atoms with van der Waals surface area (Å²) < 4.78 is 27.0. The Labute approximate surface area is 118 Å². The second-order valence-electron chi connectivity index (χ2n) is 5.28. The van der Waals surface area contributed by atoms with E-state index in [1.165, 1.54) is 18.4 Å². The summed E-state index contributed by atoms with van der Waals surface area (Å²) >= 11 is 0. The number of hydrogen-bond donors (Lipinski definition) is 0. The lowest BCUT2D eigenvalue weighted by Gasteiger charge is -2.37. The van der Waals surface area contributed by atoms with Crippen molar-refractivity contribution in [1.82, 2.24) is 4.31 Å². The van der Waals surface area contributed by atoms with Crippen LogP contribution in [0.15, 0.2) is 24.3 Å². The van der Waals surface area contributed by atoms with Gasteiger partial charge in [0.15, 0.2) is 0 Å². The molecule has 1 aromatic carbocycles. The number of amides is 1. The molecule has 20 heavy (non-hydrogen) atoms. The summed E-state index contributed by atoms with van der Waals surface area (Å²) in [6.07, 6.45) is 1.97. The molecule has 0 unspecified atom stereocenters. The molecule has 7 heteroatoms. The number of hydrogen-bond acceptors (Lipinski definition) is 3. The molecule has 0 radical (unpaired) electrons. The Kier molecular flexibility index (Phi) is 2.98. The highest BCUT2D eigenvalue weighted by atomic mass is 32.2. The number of fused-ring (bicyclic) bond motifs is 1. The maximum atomic E-state index is 12.4. The lowest BCUT2D eigenvalue weighted by Crippen LogP contribution is -2.51. The number of carbonyl (C=O) groups excluding carboxylic acids is 1. The van der Waals surface area contributed by atoms with Gasteiger partial charge >= 0.3 is 10.2 Å². The van der Waals surface area contributed by atoms with Crippen molar-refractivity contribution in [3.63, 3.8) is 0 Å². The Hall–Kier alpha value is -1.60. The summed E-state index contributed by atoms with van der Waals surface area (Å²) in [6, 6.07) is 7.40. The minimum Gasteiger partial charge on any atom is -0.306 e. The smallest absolute Gasteiger partial charge is 0.304 e. The fraction of sp³-hybridized carbons (Fsp3) is 0.462. The molecule has 1 fully saturated rings. The standard InChI is InChI=1S/C13H17N3O3S/c1-14(2)20(18,19)15-9-13(17)16(10-7-8-10)12-6-4-3-5-11(12)15/h3-6,10H,7-9H2,1-2H3. The molecule has 0 saturated heterocycles. The van der Waals surface area contributed by atoms with Gasteiger partial charge in [0.2, 0.25) is 5.91 Å². The second-order valence-corrected chi connectivity index (χ2v) is 7.35. The van der Waals surface area contributed by atoms with Crippen molar-refractivity contribution in [2.75, 3.05) is 29.8 Å². The third-order valence-corrected chi connectivity index (χ3v) is 5.42. The van der Waals surface area contributed by atoms with Crippen molar-refractivity contribution < 1.29 is 13.2 Å². The summed E-state index contributed by atoms with van der Waals surface area (Å²) in [7, 11) is -0.720. The van der Waals surface area contributed by atoms with E-state index in [9.17, 15) is 13.2 Å². The van der Waals surface area contributed by atoms with E-state index in [1.807, 2.05) is 12.1 Å².